The highest BCUT2D eigenvalue weighted by Gasteiger charge is 2.23. The van der Waals surface area contributed by atoms with Gasteiger partial charge in [0, 0.05) is 18.3 Å². The van der Waals surface area contributed by atoms with Gasteiger partial charge in [-0.3, -0.25) is 4.90 Å². The molecule has 4 nitrogen and oxygen atoms in total. The highest BCUT2D eigenvalue weighted by molar-refractivity contribution is 5.67. The van der Waals surface area contributed by atoms with Crippen LogP contribution in [0.4, 0.5) is 10.5 Å². The molecular formula is C11H14N2O2. The van der Waals surface area contributed by atoms with Crippen molar-refractivity contribution in [3.05, 3.63) is 29.8 Å². The van der Waals surface area contributed by atoms with Crippen LogP contribution < -0.4 is 5.32 Å². The van der Waals surface area contributed by atoms with Crippen LogP contribution in [0.5, 0.6) is 0 Å². The second-order valence-corrected chi connectivity index (χ2v) is 3.80. The molecule has 4 heteroatoms. The number of anilines is 1. The number of nitrogens with one attached hydrogen (secondary N) is 1. The molecular weight excluding hydrogens is 192 g/mol. The summed E-state index contributed by atoms with van der Waals surface area (Å²) >= 11 is 0. The van der Waals surface area contributed by atoms with Gasteiger partial charge in [0.25, 0.3) is 0 Å². The van der Waals surface area contributed by atoms with Gasteiger partial charge in [-0.2, -0.15) is 0 Å². The standard InChI is InChI=1S/C11H14N2O2/c1-8-6-12-10-5-3-2-4-9(10)7-13(8)11(14)15/h2-5,8,12H,6-7H2,1H3,(H,14,15)/t8-/m1/s1. The number of benzene rings is 1. The van der Waals surface area contributed by atoms with E-state index in [9.17, 15) is 4.79 Å². The molecule has 0 bridgehead atoms. The van der Waals surface area contributed by atoms with Crippen molar-refractivity contribution in [1.82, 2.24) is 4.90 Å². The van der Waals surface area contributed by atoms with E-state index in [0.29, 0.717) is 13.1 Å². The molecule has 0 radical (unpaired) electrons. The first kappa shape index (κ1) is 9.83. The summed E-state index contributed by atoms with van der Waals surface area (Å²) in [6.45, 7) is 3.02. The summed E-state index contributed by atoms with van der Waals surface area (Å²) in [6.07, 6.45) is -0.860. The number of nitrogens with zero attached hydrogens (tertiary/aromatic N) is 1. The number of fused-ring (bicyclic) bond motifs is 1. The molecule has 1 aromatic carbocycles. The van der Waals surface area contributed by atoms with Crippen molar-refractivity contribution in [2.24, 2.45) is 0 Å². The third kappa shape index (κ3) is 1.88. The van der Waals surface area contributed by atoms with Gasteiger partial charge in [0.15, 0.2) is 0 Å². The van der Waals surface area contributed by atoms with Gasteiger partial charge in [0.05, 0.1) is 6.54 Å². The lowest BCUT2D eigenvalue weighted by atomic mass is 10.2. The Morgan fingerprint density at radius 3 is 3.00 bits per heavy atom. The third-order valence-electron chi connectivity index (χ3n) is 2.72. The van der Waals surface area contributed by atoms with E-state index in [0.717, 1.165) is 11.3 Å². The van der Waals surface area contributed by atoms with Crippen molar-refractivity contribution in [2.45, 2.75) is 19.5 Å². The Morgan fingerprint density at radius 1 is 1.53 bits per heavy atom. The van der Waals surface area contributed by atoms with E-state index in [1.54, 1.807) is 0 Å². The lowest BCUT2D eigenvalue weighted by Crippen LogP contribution is -2.39. The first-order chi connectivity index (χ1) is 7.18. The Labute approximate surface area is 88.5 Å². The van der Waals surface area contributed by atoms with Crippen LogP contribution in [0.1, 0.15) is 12.5 Å². The Hall–Kier alpha value is -1.71. The monoisotopic (exact) mass is 206 g/mol. The molecule has 1 atom stereocenters. The lowest BCUT2D eigenvalue weighted by Gasteiger charge is -2.23. The van der Waals surface area contributed by atoms with Gasteiger partial charge in [-0.05, 0) is 18.6 Å². The van der Waals surface area contributed by atoms with Crippen LogP contribution in [0.3, 0.4) is 0 Å². The largest absolute Gasteiger partial charge is 0.465 e. The van der Waals surface area contributed by atoms with E-state index in [1.165, 1.54) is 4.90 Å². The van der Waals surface area contributed by atoms with E-state index < -0.39 is 6.09 Å². The molecule has 0 unspecified atom stereocenters. The highest BCUT2D eigenvalue weighted by atomic mass is 16.4. The molecule has 0 fully saturated rings. The van der Waals surface area contributed by atoms with E-state index in [4.69, 9.17) is 5.11 Å². The number of amides is 1. The molecule has 2 N–H and O–H groups in total. The maximum absolute atomic E-state index is 11.0. The Bertz CT molecular complexity index is 379. The summed E-state index contributed by atoms with van der Waals surface area (Å²) in [6, 6.07) is 7.81. The van der Waals surface area contributed by atoms with Gasteiger partial charge in [-0.15, -0.1) is 0 Å². The van der Waals surface area contributed by atoms with Gasteiger partial charge in [0.1, 0.15) is 0 Å². The number of para-hydroxylation sites is 1. The number of carbonyl (C=O) groups is 1. The molecule has 0 aliphatic carbocycles. The minimum atomic E-state index is -0.860. The topological polar surface area (TPSA) is 52.6 Å². The smallest absolute Gasteiger partial charge is 0.407 e. The van der Waals surface area contributed by atoms with Crippen LogP contribution in [-0.2, 0) is 6.54 Å². The molecule has 1 aliphatic heterocycles. The predicted molar refractivity (Wildman–Crippen MR) is 58.0 cm³/mol. The lowest BCUT2D eigenvalue weighted by molar-refractivity contribution is 0.128. The normalized spacial score (nSPS) is 20.1. The first-order valence-electron chi connectivity index (χ1n) is 5.00. The van der Waals surface area contributed by atoms with Crippen molar-refractivity contribution in [3.8, 4) is 0 Å². The van der Waals surface area contributed by atoms with Crippen LogP contribution in [-0.4, -0.2) is 28.7 Å². The maximum atomic E-state index is 11.0. The Balaban J connectivity index is 2.31. The quantitative estimate of drug-likeness (QED) is 0.682. The van der Waals surface area contributed by atoms with E-state index in [-0.39, 0.29) is 6.04 Å². The van der Waals surface area contributed by atoms with Crippen molar-refractivity contribution in [2.75, 3.05) is 11.9 Å². The summed E-state index contributed by atoms with van der Waals surface area (Å²) < 4.78 is 0. The molecule has 1 aromatic rings. The average Bonchev–Trinajstić information content (AvgIpc) is 2.39. The van der Waals surface area contributed by atoms with E-state index in [2.05, 4.69) is 5.32 Å². The molecule has 0 saturated carbocycles. The zero-order chi connectivity index (χ0) is 10.8. The zero-order valence-electron chi connectivity index (χ0n) is 8.60. The number of hydrogen-bond acceptors (Lipinski definition) is 2. The van der Waals surface area contributed by atoms with Gasteiger partial charge in [0.2, 0.25) is 0 Å². The number of rotatable bonds is 0. The Kier molecular flexibility index (Phi) is 2.49. The predicted octanol–water partition coefficient (Wildman–Crippen LogP) is 1.98. The number of carboxylic acid groups (broad SMARTS) is 1. The van der Waals surface area contributed by atoms with Crippen molar-refractivity contribution >= 4 is 11.8 Å². The molecule has 0 saturated heterocycles. The van der Waals surface area contributed by atoms with Crippen molar-refractivity contribution < 1.29 is 9.90 Å². The summed E-state index contributed by atoms with van der Waals surface area (Å²) in [7, 11) is 0. The van der Waals surface area contributed by atoms with Crippen molar-refractivity contribution in [3.63, 3.8) is 0 Å². The maximum Gasteiger partial charge on any atom is 0.407 e. The SMILES string of the molecule is C[C@@H]1CNc2ccccc2CN1C(=O)O. The molecule has 15 heavy (non-hydrogen) atoms. The molecule has 2 rings (SSSR count). The fourth-order valence-corrected chi connectivity index (χ4v) is 1.79. The summed E-state index contributed by atoms with van der Waals surface area (Å²) in [5.74, 6) is 0. The fourth-order valence-electron chi connectivity index (χ4n) is 1.79. The Morgan fingerprint density at radius 2 is 2.27 bits per heavy atom. The third-order valence-corrected chi connectivity index (χ3v) is 2.72. The van der Waals surface area contributed by atoms with E-state index >= 15 is 0 Å². The van der Waals surface area contributed by atoms with Gasteiger partial charge >= 0.3 is 6.09 Å². The molecule has 0 spiro atoms. The van der Waals surface area contributed by atoms with E-state index in [1.807, 2.05) is 31.2 Å². The minimum Gasteiger partial charge on any atom is -0.465 e. The van der Waals surface area contributed by atoms with Crippen LogP contribution in [0.15, 0.2) is 24.3 Å². The summed E-state index contributed by atoms with van der Waals surface area (Å²) in [5, 5.41) is 12.3. The highest BCUT2D eigenvalue weighted by Crippen LogP contribution is 2.21. The van der Waals surface area contributed by atoms with Gasteiger partial charge in [-0.1, -0.05) is 18.2 Å². The molecule has 1 heterocycles. The second kappa shape index (κ2) is 3.81. The van der Waals surface area contributed by atoms with Gasteiger partial charge in [-0.25, -0.2) is 4.79 Å². The average molecular weight is 206 g/mol. The zero-order valence-corrected chi connectivity index (χ0v) is 8.60. The second-order valence-electron chi connectivity index (χ2n) is 3.80. The number of hydrogen-bond donors (Lipinski definition) is 2. The van der Waals surface area contributed by atoms with Crippen molar-refractivity contribution in [1.29, 1.82) is 0 Å². The molecule has 0 aromatic heterocycles. The first-order valence-corrected chi connectivity index (χ1v) is 5.00. The fraction of sp³-hybridized carbons (Fsp3) is 0.364. The van der Waals surface area contributed by atoms with Crippen LogP contribution in [0.2, 0.25) is 0 Å². The van der Waals surface area contributed by atoms with Crippen LogP contribution in [0, 0.1) is 0 Å². The molecule has 1 aliphatic rings. The molecule has 1 amide bonds. The van der Waals surface area contributed by atoms with Crippen LogP contribution >= 0.6 is 0 Å². The minimum absolute atomic E-state index is 0.00472. The summed E-state index contributed by atoms with van der Waals surface area (Å²) in [5.41, 5.74) is 2.07. The van der Waals surface area contributed by atoms with Gasteiger partial charge < -0.3 is 10.4 Å². The molecule has 80 valence electrons. The summed E-state index contributed by atoms with van der Waals surface area (Å²) in [4.78, 5) is 12.5. The van der Waals surface area contributed by atoms with Crippen LogP contribution in [0.25, 0.3) is 0 Å².